The Kier molecular flexibility index (Phi) is 14.1. The number of Topliss-reactive ketones (excluding diaryl/α,β-unsaturated/α-hetero) is 1. The summed E-state index contributed by atoms with van der Waals surface area (Å²) in [6.07, 6.45) is -1.39. The van der Waals surface area contributed by atoms with Crippen LogP contribution in [0.25, 0.3) is 5.73 Å². The summed E-state index contributed by atoms with van der Waals surface area (Å²) in [5.41, 5.74) is 8.01. The number of carbonyl (C=O) groups excluding carboxylic acids is 4. The Hall–Kier alpha value is -2.70. The summed E-state index contributed by atoms with van der Waals surface area (Å²) in [6, 6.07) is 2.48. The molecule has 12 nitrogen and oxygen atoms in total. The van der Waals surface area contributed by atoms with Gasteiger partial charge >= 0.3 is 11.9 Å². The third-order valence-electron chi connectivity index (χ3n) is 4.81. The van der Waals surface area contributed by atoms with Gasteiger partial charge in [-0.2, -0.15) is 0 Å². The monoisotopic (exact) mass is 566 g/mol. The Morgan fingerprint density at radius 2 is 1.37 bits per heavy atom. The maximum atomic E-state index is 13.1. The van der Waals surface area contributed by atoms with Crippen molar-refractivity contribution in [3.8, 4) is 0 Å². The predicted molar refractivity (Wildman–Crippen MR) is 119 cm³/mol. The van der Waals surface area contributed by atoms with Crippen molar-refractivity contribution in [2.75, 3.05) is 0 Å². The van der Waals surface area contributed by atoms with Gasteiger partial charge in [0.15, 0.2) is 5.78 Å². The van der Waals surface area contributed by atoms with E-state index in [1.54, 1.807) is 32.0 Å². The van der Waals surface area contributed by atoms with Crippen molar-refractivity contribution >= 4 is 35.4 Å². The van der Waals surface area contributed by atoms with Crippen LogP contribution >= 0.6 is 0 Å². The summed E-state index contributed by atoms with van der Waals surface area (Å²) in [5.74, 6) is -6.28. The molecule has 0 heterocycles. The molecule has 1 radical (unpaired) electrons. The van der Waals surface area contributed by atoms with Crippen LogP contribution in [0.5, 0.6) is 0 Å². The van der Waals surface area contributed by atoms with Crippen molar-refractivity contribution in [3.05, 3.63) is 41.6 Å². The van der Waals surface area contributed by atoms with Crippen molar-refractivity contribution in [2.24, 2.45) is 5.92 Å². The molecular formula is C22H29N4O8Y-. The predicted octanol–water partition coefficient (Wildman–Crippen LogP) is 0.426. The summed E-state index contributed by atoms with van der Waals surface area (Å²) in [5, 5.41) is 24.9. The summed E-state index contributed by atoms with van der Waals surface area (Å²) in [6.45, 7) is 4.37. The zero-order valence-electron chi connectivity index (χ0n) is 19.6. The van der Waals surface area contributed by atoms with Gasteiger partial charge in [0, 0.05) is 39.1 Å². The Balaban J connectivity index is 0.0000116. The molecule has 0 bridgehead atoms. The van der Waals surface area contributed by atoms with Gasteiger partial charge in [0.25, 0.3) is 0 Å². The van der Waals surface area contributed by atoms with Crippen LogP contribution in [0.4, 0.5) is 0 Å². The molecule has 0 unspecified atom stereocenters. The maximum absolute atomic E-state index is 13.1. The van der Waals surface area contributed by atoms with Crippen LogP contribution in [0, 0.1) is 5.92 Å². The van der Waals surface area contributed by atoms with Crippen LogP contribution in [-0.4, -0.2) is 63.8 Å². The fourth-order valence-corrected chi connectivity index (χ4v) is 2.96. The average Bonchev–Trinajstić information content (AvgIpc) is 2.74. The summed E-state index contributed by atoms with van der Waals surface area (Å²) >= 11 is 0. The van der Waals surface area contributed by atoms with E-state index in [1.807, 2.05) is 0 Å². The molecule has 189 valence electrons. The Labute approximate surface area is 227 Å². The van der Waals surface area contributed by atoms with E-state index < -0.39 is 78.4 Å². The molecule has 0 aromatic heterocycles. The Morgan fingerprint density at radius 3 is 1.83 bits per heavy atom. The fraction of sp³-hybridized carbons (Fsp3) is 0.455. The van der Waals surface area contributed by atoms with Crippen molar-refractivity contribution in [1.29, 1.82) is 0 Å². The van der Waals surface area contributed by atoms with Gasteiger partial charge in [-0.1, -0.05) is 44.2 Å². The van der Waals surface area contributed by atoms with Crippen molar-refractivity contribution in [1.82, 2.24) is 16.0 Å². The first-order chi connectivity index (χ1) is 15.8. The molecule has 3 amide bonds. The first-order valence-electron chi connectivity index (χ1n) is 10.4. The molecule has 0 saturated carbocycles. The molecule has 0 aliphatic rings. The second kappa shape index (κ2) is 15.3. The van der Waals surface area contributed by atoms with E-state index in [-0.39, 0.29) is 32.7 Å². The first kappa shape index (κ1) is 32.3. The second-order valence-electron chi connectivity index (χ2n) is 8.00. The summed E-state index contributed by atoms with van der Waals surface area (Å²) in [4.78, 5) is 71.7. The van der Waals surface area contributed by atoms with Gasteiger partial charge in [0.2, 0.25) is 17.7 Å². The molecule has 6 N–H and O–H groups in total. The molecule has 35 heavy (non-hydrogen) atoms. The standard InChI is InChI=1S/C22H29N4O8.Y/c1-11(2)18(21(33)24-15(12(3)27)10-17(30)31)25-22(34)19(13-7-5-4-6-8-13)26-20(32)14(23)9-16(28)29;/h4-8,11,14-15,18-19,23H,9-10H2,1-3H3,(H,24,33)(H,25,34)(H,26,32)(H,28,29)(H,30,31);/q-1;/t14-,15-,18-,19-;/m0./s1. The van der Waals surface area contributed by atoms with Gasteiger partial charge in [-0.25, -0.2) is 0 Å². The van der Waals surface area contributed by atoms with Gasteiger partial charge in [-0.15, -0.1) is 0 Å². The summed E-state index contributed by atoms with van der Waals surface area (Å²) in [7, 11) is 0. The molecule has 0 aliphatic heterocycles. The van der Waals surface area contributed by atoms with Crippen molar-refractivity contribution < 1.29 is 71.7 Å². The minimum absolute atomic E-state index is 0. The number of benzene rings is 1. The van der Waals surface area contributed by atoms with Crippen LogP contribution in [0.3, 0.4) is 0 Å². The van der Waals surface area contributed by atoms with Crippen molar-refractivity contribution in [2.45, 2.75) is 57.8 Å². The van der Waals surface area contributed by atoms with E-state index in [9.17, 15) is 28.8 Å². The Bertz CT molecular complexity index is 925. The number of hydrogen-bond donors (Lipinski definition) is 5. The second-order valence-corrected chi connectivity index (χ2v) is 8.00. The zero-order valence-corrected chi connectivity index (χ0v) is 22.4. The van der Waals surface area contributed by atoms with E-state index >= 15 is 0 Å². The topological polar surface area (TPSA) is 203 Å². The van der Waals surface area contributed by atoms with E-state index in [2.05, 4.69) is 16.0 Å². The molecule has 0 fully saturated rings. The fourth-order valence-electron chi connectivity index (χ4n) is 2.96. The number of rotatable bonds is 13. The number of amides is 3. The molecular weight excluding hydrogens is 537 g/mol. The Morgan fingerprint density at radius 1 is 0.829 bits per heavy atom. The van der Waals surface area contributed by atoms with Crippen LogP contribution in [-0.2, 0) is 61.5 Å². The molecule has 0 saturated heterocycles. The summed E-state index contributed by atoms with van der Waals surface area (Å²) < 4.78 is 0. The SMILES string of the molecule is CC(=O)[C@H](CC(=O)O)NC(=O)[C@@H](NC(=O)[C@@H](NC(=O)[C@@H]([NH-])CC(=O)O)c1ccccc1)C(C)C.[Y]. The maximum Gasteiger partial charge on any atom is 0.305 e. The van der Waals surface area contributed by atoms with E-state index in [1.165, 1.54) is 12.1 Å². The van der Waals surface area contributed by atoms with Crippen LogP contribution in [0.2, 0.25) is 0 Å². The van der Waals surface area contributed by atoms with E-state index in [0.29, 0.717) is 5.56 Å². The largest absolute Gasteiger partial charge is 0.666 e. The molecule has 0 aliphatic carbocycles. The number of carbonyl (C=O) groups is 6. The molecule has 1 aromatic rings. The van der Waals surface area contributed by atoms with Gasteiger partial charge in [-0.3, -0.25) is 28.8 Å². The third kappa shape index (κ3) is 11.1. The third-order valence-corrected chi connectivity index (χ3v) is 4.81. The van der Waals surface area contributed by atoms with Gasteiger partial charge in [0.1, 0.15) is 12.1 Å². The normalized spacial score (nSPS) is 13.9. The van der Waals surface area contributed by atoms with Crippen LogP contribution in [0.1, 0.15) is 45.2 Å². The van der Waals surface area contributed by atoms with E-state index in [0.717, 1.165) is 6.92 Å². The van der Waals surface area contributed by atoms with Gasteiger partial charge in [0.05, 0.1) is 12.5 Å². The molecule has 4 atom stereocenters. The van der Waals surface area contributed by atoms with Crippen LogP contribution < -0.4 is 16.0 Å². The molecule has 13 heteroatoms. The van der Waals surface area contributed by atoms with Crippen LogP contribution in [0.15, 0.2) is 30.3 Å². The number of hydrogen-bond acceptors (Lipinski definition) is 6. The first-order valence-corrected chi connectivity index (χ1v) is 10.4. The van der Waals surface area contributed by atoms with E-state index in [4.69, 9.17) is 15.9 Å². The average molecular weight is 566 g/mol. The quantitative estimate of drug-likeness (QED) is 0.226. The number of ketones is 1. The minimum atomic E-state index is -1.66. The minimum Gasteiger partial charge on any atom is -0.666 e. The number of carboxylic acids is 2. The van der Waals surface area contributed by atoms with Gasteiger partial charge < -0.3 is 31.9 Å². The molecule has 1 aromatic carbocycles. The molecule has 0 spiro atoms. The number of carboxylic acid groups (broad SMARTS) is 2. The smallest absolute Gasteiger partial charge is 0.305 e. The van der Waals surface area contributed by atoms with Gasteiger partial charge in [-0.05, 0) is 24.4 Å². The zero-order chi connectivity index (χ0) is 26.0. The number of nitrogens with one attached hydrogen (secondary N) is 4. The number of aliphatic carboxylic acids is 2. The van der Waals surface area contributed by atoms with Crippen molar-refractivity contribution in [3.63, 3.8) is 0 Å². The molecule has 1 rings (SSSR count).